The van der Waals surface area contributed by atoms with E-state index in [0.29, 0.717) is 3.57 Å². The van der Waals surface area contributed by atoms with E-state index in [9.17, 15) is 17.6 Å². The van der Waals surface area contributed by atoms with E-state index in [1.54, 1.807) is 45.2 Å². The summed E-state index contributed by atoms with van der Waals surface area (Å²) in [5.41, 5.74) is 0. The van der Waals surface area contributed by atoms with Gasteiger partial charge in [-0.25, -0.2) is 4.39 Å². The highest BCUT2D eigenvalue weighted by Gasteiger charge is 2.33. The van der Waals surface area contributed by atoms with Crippen LogP contribution in [0.5, 0.6) is 5.75 Å². The predicted octanol–water partition coefficient (Wildman–Crippen LogP) is 3.93. The van der Waals surface area contributed by atoms with Crippen LogP contribution in [0.2, 0.25) is 0 Å². The minimum Gasteiger partial charge on any atom is -0.401 e. The van der Waals surface area contributed by atoms with Crippen LogP contribution in [0.3, 0.4) is 0 Å². The van der Waals surface area contributed by atoms with Crippen molar-refractivity contribution in [3.05, 3.63) is 25.1 Å². The van der Waals surface area contributed by atoms with E-state index in [4.69, 9.17) is 0 Å². The molecule has 78 valence electrons. The van der Waals surface area contributed by atoms with Crippen molar-refractivity contribution < 1.29 is 22.3 Å². The Balaban J connectivity index is 3.13. The summed E-state index contributed by atoms with van der Waals surface area (Å²) in [4.78, 5) is 0. The van der Waals surface area contributed by atoms with Crippen LogP contribution in [0.1, 0.15) is 0 Å². The Bertz CT molecular complexity index is 350. The molecule has 0 spiro atoms. The monoisotopic (exact) mass is 432 g/mol. The molecule has 0 unspecified atom stereocenters. The highest BCUT2D eigenvalue weighted by atomic mass is 127. The van der Waals surface area contributed by atoms with Gasteiger partial charge in [-0.15, -0.1) is 13.2 Å². The summed E-state index contributed by atoms with van der Waals surface area (Å²) in [6.45, 7) is 0. The lowest BCUT2D eigenvalue weighted by Crippen LogP contribution is -2.19. The molecule has 0 atom stereocenters. The predicted molar refractivity (Wildman–Crippen MR) is 58.5 cm³/mol. The van der Waals surface area contributed by atoms with Gasteiger partial charge in [0.25, 0.3) is 0 Å². The molecule has 1 rings (SSSR count). The Morgan fingerprint density at radius 3 is 2.21 bits per heavy atom. The normalized spacial score (nSPS) is 11.6. The minimum atomic E-state index is -4.87. The van der Waals surface area contributed by atoms with Crippen LogP contribution in [0.4, 0.5) is 17.6 Å². The molecule has 0 fully saturated rings. The first-order valence-electron chi connectivity index (χ1n) is 3.20. The molecule has 0 saturated carbocycles. The van der Waals surface area contributed by atoms with E-state index in [1.807, 2.05) is 0 Å². The van der Waals surface area contributed by atoms with Crippen LogP contribution < -0.4 is 4.74 Å². The average Bonchev–Trinajstić information content (AvgIpc) is 2.04. The van der Waals surface area contributed by atoms with E-state index in [1.165, 1.54) is 6.07 Å². The van der Waals surface area contributed by atoms with Crippen LogP contribution in [0.15, 0.2) is 12.1 Å². The van der Waals surface area contributed by atoms with Gasteiger partial charge in [0.15, 0.2) is 11.6 Å². The molecule has 0 saturated heterocycles. The summed E-state index contributed by atoms with van der Waals surface area (Å²) >= 11 is 3.39. The molecular formula is C7H2F4I2O. The molecule has 0 heterocycles. The quantitative estimate of drug-likeness (QED) is 0.372. The largest absolute Gasteiger partial charge is 0.573 e. The fourth-order valence-corrected chi connectivity index (χ4v) is 1.69. The third-order valence-corrected chi connectivity index (χ3v) is 4.22. The van der Waals surface area contributed by atoms with Crippen molar-refractivity contribution in [3.8, 4) is 5.75 Å². The van der Waals surface area contributed by atoms with Crippen molar-refractivity contribution >= 4 is 45.2 Å². The summed E-state index contributed by atoms with van der Waals surface area (Å²) in [7, 11) is 0. The average molecular weight is 432 g/mol. The number of hydrogen-bond acceptors (Lipinski definition) is 1. The number of ether oxygens (including phenoxy) is 1. The first kappa shape index (κ1) is 12.3. The zero-order chi connectivity index (χ0) is 10.9. The molecule has 1 aromatic carbocycles. The van der Waals surface area contributed by atoms with Gasteiger partial charge < -0.3 is 4.74 Å². The number of alkyl halides is 3. The summed E-state index contributed by atoms with van der Waals surface area (Å²) in [5.74, 6) is -1.79. The second-order valence-corrected chi connectivity index (χ2v) is 4.46. The Morgan fingerprint density at radius 1 is 1.14 bits per heavy atom. The van der Waals surface area contributed by atoms with Crippen molar-refractivity contribution in [1.82, 2.24) is 0 Å². The van der Waals surface area contributed by atoms with E-state index in [-0.39, 0.29) is 3.57 Å². The molecule has 1 aromatic rings. The molecule has 0 aliphatic heterocycles. The van der Waals surface area contributed by atoms with Crippen molar-refractivity contribution in [1.29, 1.82) is 0 Å². The first-order valence-corrected chi connectivity index (χ1v) is 5.36. The van der Waals surface area contributed by atoms with E-state index in [0.717, 1.165) is 6.07 Å². The SMILES string of the molecule is Fc1ccc(I)c(I)c1OC(F)(F)F. The number of rotatable bonds is 1. The second kappa shape index (κ2) is 4.37. The van der Waals surface area contributed by atoms with Gasteiger partial charge in [0, 0.05) is 3.57 Å². The van der Waals surface area contributed by atoms with Gasteiger partial charge in [-0.2, -0.15) is 0 Å². The van der Waals surface area contributed by atoms with Gasteiger partial charge in [-0.3, -0.25) is 0 Å². The second-order valence-electron chi connectivity index (χ2n) is 2.22. The molecular weight excluding hydrogens is 430 g/mol. The molecule has 0 radical (unpaired) electrons. The molecule has 7 heteroatoms. The van der Waals surface area contributed by atoms with Gasteiger partial charge in [0.2, 0.25) is 0 Å². The molecule has 0 aromatic heterocycles. The van der Waals surface area contributed by atoms with Crippen LogP contribution in [0.25, 0.3) is 0 Å². The zero-order valence-corrected chi connectivity index (χ0v) is 10.6. The topological polar surface area (TPSA) is 9.23 Å². The van der Waals surface area contributed by atoms with E-state index < -0.39 is 17.9 Å². The van der Waals surface area contributed by atoms with Crippen LogP contribution in [-0.4, -0.2) is 6.36 Å². The standard InChI is InChI=1S/C7H2F4I2O/c8-3-1-2-4(12)5(13)6(3)14-7(9,10)11/h1-2H. The van der Waals surface area contributed by atoms with Crippen molar-refractivity contribution in [2.45, 2.75) is 6.36 Å². The van der Waals surface area contributed by atoms with Crippen molar-refractivity contribution in [2.24, 2.45) is 0 Å². The summed E-state index contributed by atoms with van der Waals surface area (Å²) < 4.78 is 52.6. The molecule has 14 heavy (non-hydrogen) atoms. The fourth-order valence-electron chi connectivity index (χ4n) is 0.718. The van der Waals surface area contributed by atoms with Crippen LogP contribution >= 0.6 is 45.2 Å². The lowest BCUT2D eigenvalue weighted by atomic mass is 10.3. The van der Waals surface area contributed by atoms with Crippen molar-refractivity contribution in [3.63, 3.8) is 0 Å². The van der Waals surface area contributed by atoms with Crippen LogP contribution in [0, 0.1) is 13.0 Å². The molecule has 0 aliphatic rings. The third kappa shape index (κ3) is 3.11. The minimum absolute atomic E-state index is 0.112. The van der Waals surface area contributed by atoms with Gasteiger partial charge in [0.05, 0.1) is 3.57 Å². The Kier molecular flexibility index (Phi) is 3.83. The Labute approximate surface area is 104 Å². The van der Waals surface area contributed by atoms with Gasteiger partial charge in [-0.1, -0.05) is 0 Å². The lowest BCUT2D eigenvalue weighted by molar-refractivity contribution is -0.276. The molecule has 0 N–H and O–H groups in total. The maximum atomic E-state index is 12.9. The summed E-state index contributed by atoms with van der Waals surface area (Å²) in [6, 6.07) is 2.31. The Morgan fingerprint density at radius 2 is 1.71 bits per heavy atom. The smallest absolute Gasteiger partial charge is 0.401 e. The molecule has 0 bridgehead atoms. The number of benzene rings is 1. The van der Waals surface area contributed by atoms with Crippen molar-refractivity contribution in [2.75, 3.05) is 0 Å². The summed E-state index contributed by atoms with van der Waals surface area (Å²) in [5, 5.41) is 0. The lowest BCUT2D eigenvalue weighted by Gasteiger charge is -2.11. The highest BCUT2D eigenvalue weighted by molar-refractivity contribution is 14.1. The van der Waals surface area contributed by atoms with Gasteiger partial charge >= 0.3 is 6.36 Å². The molecule has 0 aliphatic carbocycles. The van der Waals surface area contributed by atoms with Gasteiger partial charge in [0.1, 0.15) is 0 Å². The van der Waals surface area contributed by atoms with E-state index >= 15 is 0 Å². The maximum absolute atomic E-state index is 12.9. The van der Waals surface area contributed by atoms with Crippen LogP contribution in [-0.2, 0) is 0 Å². The summed E-state index contributed by atoms with van der Waals surface area (Å²) in [6.07, 6.45) is -4.87. The molecule has 0 amide bonds. The zero-order valence-electron chi connectivity index (χ0n) is 6.33. The highest BCUT2D eigenvalue weighted by Crippen LogP contribution is 2.32. The first-order chi connectivity index (χ1) is 6.31. The third-order valence-electron chi connectivity index (χ3n) is 1.22. The number of hydrogen-bond donors (Lipinski definition) is 0. The maximum Gasteiger partial charge on any atom is 0.573 e. The number of halogens is 6. The van der Waals surface area contributed by atoms with E-state index in [2.05, 4.69) is 4.74 Å². The van der Waals surface area contributed by atoms with Gasteiger partial charge in [-0.05, 0) is 57.3 Å². The molecule has 1 nitrogen and oxygen atoms in total. The fraction of sp³-hybridized carbons (Fsp3) is 0.143. The Hall–Kier alpha value is 0.200.